The smallest absolute Gasteiger partial charge is 0.419 e. The van der Waals surface area contributed by atoms with E-state index in [9.17, 15) is 21.6 Å². The van der Waals surface area contributed by atoms with E-state index in [1.54, 1.807) is 13.8 Å². The number of ether oxygens (including phenoxy) is 3. The fraction of sp³-hybridized carbons (Fsp3) is 0.700. The van der Waals surface area contributed by atoms with Gasteiger partial charge in [0, 0.05) is 26.1 Å². The van der Waals surface area contributed by atoms with Crippen LogP contribution in [0.25, 0.3) is 0 Å². The number of rotatable bonds is 5. The van der Waals surface area contributed by atoms with Gasteiger partial charge in [0.15, 0.2) is 11.4 Å². The van der Waals surface area contributed by atoms with Gasteiger partial charge in [0.05, 0.1) is 18.1 Å². The molecule has 0 saturated carbocycles. The Labute approximate surface area is 175 Å². The maximum atomic E-state index is 14.1. The number of fused-ring (bicyclic) bond motifs is 1. The van der Waals surface area contributed by atoms with Crippen LogP contribution in [-0.2, 0) is 31.3 Å². The molecule has 1 atom stereocenters. The molecule has 30 heavy (non-hydrogen) atoms. The number of sulfonamides is 1. The molecule has 170 valence electrons. The predicted octanol–water partition coefficient (Wildman–Crippen LogP) is 3.62. The molecule has 0 aliphatic carbocycles. The Morgan fingerprint density at radius 3 is 2.30 bits per heavy atom. The standard InChI is InChI=1S/C20H28F3NO5S/c1-17(2,11-19(20(21,22)23)12-28-18(3,4)29-19)15-10-14(30(25,26)24(5)6)9-13-7-8-27-16(13)15/h9-10H,7-8,11-12H2,1-6H3. The lowest BCUT2D eigenvalue weighted by atomic mass is 9.74. The fourth-order valence-corrected chi connectivity index (χ4v) is 5.08. The molecule has 3 rings (SSSR count). The van der Waals surface area contributed by atoms with Crippen molar-refractivity contribution in [2.45, 2.75) is 68.4 Å². The van der Waals surface area contributed by atoms with Crippen molar-refractivity contribution in [3.05, 3.63) is 23.3 Å². The van der Waals surface area contributed by atoms with Gasteiger partial charge >= 0.3 is 6.18 Å². The quantitative estimate of drug-likeness (QED) is 0.684. The second-order valence-corrected chi connectivity index (χ2v) is 11.3. The SMILES string of the molecule is CN(C)S(=O)(=O)c1cc2c(c(C(C)(C)CC3(C(F)(F)F)COC(C)(C)O3)c1)OCC2. The maximum absolute atomic E-state index is 14.1. The monoisotopic (exact) mass is 451 g/mol. The summed E-state index contributed by atoms with van der Waals surface area (Å²) in [6, 6.07) is 2.96. The molecule has 0 N–H and O–H groups in total. The average Bonchev–Trinajstić information content (AvgIpc) is 3.17. The number of halogens is 3. The summed E-state index contributed by atoms with van der Waals surface area (Å²) in [5.74, 6) is -0.923. The zero-order chi connectivity index (χ0) is 22.8. The molecule has 2 aliphatic rings. The number of hydrogen-bond acceptors (Lipinski definition) is 5. The molecule has 0 spiro atoms. The summed E-state index contributed by atoms with van der Waals surface area (Å²) in [6.45, 7) is 5.88. The van der Waals surface area contributed by atoms with E-state index in [0.717, 1.165) is 4.31 Å². The molecule has 1 unspecified atom stereocenters. The van der Waals surface area contributed by atoms with Crippen LogP contribution in [0.3, 0.4) is 0 Å². The summed E-state index contributed by atoms with van der Waals surface area (Å²) in [5.41, 5.74) is -2.55. The molecule has 6 nitrogen and oxygen atoms in total. The highest BCUT2D eigenvalue weighted by Crippen LogP contribution is 2.51. The first kappa shape index (κ1) is 23.3. The molecule has 1 saturated heterocycles. The molecule has 2 heterocycles. The minimum Gasteiger partial charge on any atom is -0.493 e. The molecule has 1 fully saturated rings. The van der Waals surface area contributed by atoms with Crippen molar-refractivity contribution in [3.63, 3.8) is 0 Å². The molecule has 0 aromatic heterocycles. The summed E-state index contributed by atoms with van der Waals surface area (Å²) in [7, 11) is -0.949. The van der Waals surface area contributed by atoms with Crippen molar-refractivity contribution >= 4 is 10.0 Å². The first-order valence-corrected chi connectivity index (χ1v) is 11.1. The lowest BCUT2D eigenvalue weighted by molar-refractivity contribution is -0.289. The van der Waals surface area contributed by atoms with Gasteiger partial charge in [-0.25, -0.2) is 12.7 Å². The van der Waals surface area contributed by atoms with Gasteiger partial charge < -0.3 is 14.2 Å². The van der Waals surface area contributed by atoms with Crippen LogP contribution in [0.4, 0.5) is 13.2 Å². The fourth-order valence-electron chi connectivity index (χ4n) is 4.10. The number of hydrogen-bond donors (Lipinski definition) is 0. The third-order valence-corrected chi connectivity index (χ3v) is 7.40. The Kier molecular flexibility index (Phi) is 5.50. The van der Waals surface area contributed by atoms with Crippen LogP contribution in [-0.4, -0.2) is 57.6 Å². The van der Waals surface area contributed by atoms with E-state index >= 15 is 0 Å². The van der Waals surface area contributed by atoms with Crippen molar-refractivity contribution in [2.24, 2.45) is 0 Å². The van der Waals surface area contributed by atoms with Crippen LogP contribution < -0.4 is 4.74 Å². The first-order valence-electron chi connectivity index (χ1n) is 9.64. The minimum atomic E-state index is -4.67. The molecule has 0 amide bonds. The van der Waals surface area contributed by atoms with Crippen LogP contribution in [0.1, 0.15) is 45.2 Å². The largest absolute Gasteiger partial charge is 0.493 e. The van der Waals surface area contributed by atoms with Crippen molar-refractivity contribution in [1.82, 2.24) is 4.31 Å². The number of nitrogens with zero attached hydrogens (tertiary/aromatic N) is 1. The number of alkyl halides is 3. The highest BCUT2D eigenvalue weighted by molar-refractivity contribution is 7.89. The lowest BCUT2D eigenvalue weighted by Gasteiger charge is -2.38. The van der Waals surface area contributed by atoms with E-state index in [1.165, 1.54) is 40.1 Å². The molecule has 2 aliphatic heterocycles. The topological polar surface area (TPSA) is 65.1 Å². The third-order valence-electron chi connectivity index (χ3n) is 5.60. The second-order valence-electron chi connectivity index (χ2n) is 9.19. The third kappa shape index (κ3) is 3.94. The van der Waals surface area contributed by atoms with Crippen LogP contribution in [0, 0.1) is 0 Å². The van der Waals surface area contributed by atoms with E-state index in [1.807, 2.05) is 0 Å². The van der Waals surface area contributed by atoms with E-state index in [2.05, 4.69) is 0 Å². The maximum Gasteiger partial charge on any atom is 0.419 e. The zero-order valence-electron chi connectivity index (χ0n) is 18.0. The Hall–Kier alpha value is -1.36. The van der Waals surface area contributed by atoms with Crippen LogP contribution >= 0.6 is 0 Å². The Morgan fingerprint density at radius 1 is 1.17 bits per heavy atom. The first-order chi connectivity index (χ1) is 13.5. The summed E-state index contributed by atoms with van der Waals surface area (Å²) in [4.78, 5) is 0.0322. The summed E-state index contributed by atoms with van der Waals surface area (Å²) >= 11 is 0. The van der Waals surface area contributed by atoms with Gasteiger partial charge in [-0.1, -0.05) is 13.8 Å². The van der Waals surface area contributed by atoms with Gasteiger partial charge in [0.2, 0.25) is 10.0 Å². The Bertz CT molecular complexity index is 940. The molecular weight excluding hydrogens is 423 g/mol. The normalized spacial score (nSPS) is 24.2. The van der Waals surface area contributed by atoms with Crippen LogP contribution in [0.15, 0.2) is 17.0 Å². The highest BCUT2D eigenvalue weighted by Gasteiger charge is 2.64. The summed E-state index contributed by atoms with van der Waals surface area (Å²) < 4.78 is 85.3. The van der Waals surface area contributed by atoms with Gasteiger partial charge in [0.25, 0.3) is 0 Å². The van der Waals surface area contributed by atoms with Crippen molar-refractivity contribution in [2.75, 3.05) is 27.3 Å². The lowest BCUT2D eigenvalue weighted by Crippen LogP contribution is -2.52. The van der Waals surface area contributed by atoms with E-state index in [4.69, 9.17) is 14.2 Å². The molecule has 1 aromatic rings. The van der Waals surface area contributed by atoms with E-state index in [-0.39, 0.29) is 4.90 Å². The van der Waals surface area contributed by atoms with Crippen LogP contribution in [0.5, 0.6) is 5.75 Å². The van der Waals surface area contributed by atoms with Crippen molar-refractivity contribution in [1.29, 1.82) is 0 Å². The zero-order valence-corrected chi connectivity index (χ0v) is 18.8. The van der Waals surface area contributed by atoms with Gasteiger partial charge in [-0.3, -0.25) is 0 Å². The molecule has 0 radical (unpaired) electrons. The van der Waals surface area contributed by atoms with E-state index in [0.29, 0.717) is 29.9 Å². The van der Waals surface area contributed by atoms with Gasteiger partial charge in [-0.05, 0) is 43.4 Å². The molecule has 1 aromatic carbocycles. The summed E-state index contributed by atoms with van der Waals surface area (Å²) in [5, 5.41) is 0. The van der Waals surface area contributed by atoms with Crippen LogP contribution in [0.2, 0.25) is 0 Å². The number of benzene rings is 1. The summed E-state index contributed by atoms with van der Waals surface area (Å²) in [6.07, 6.45) is -4.63. The van der Waals surface area contributed by atoms with Crippen molar-refractivity contribution in [3.8, 4) is 5.75 Å². The minimum absolute atomic E-state index is 0.0322. The molecular formula is C20H28F3NO5S. The van der Waals surface area contributed by atoms with Gasteiger partial charge in [-0.15, -0.1) is 0 Å². The van der Waals surface area contributed by atoms with Gasteiger partial charge in [0.1, 0.15) is 5.75 Å². The highest BCUT2D eigenvalue weighted by atomic mass is 32.2. The molecule has 0 bridgehead atoms. The Morgan fingerprint density at radius 2 is 1.80 bits per heavy atom. The predicted molar refractivity (Wildman–Crippen MR) is 104 cm³/mol. The Balaban J connectivity index is 2.11. The average molecular weight is 452 g/mol. The van der Waals surface area contributed by atoms with Gasteiger partial charge in [-0.2, -0.15) is 13.2 Å². The molecule has 10 heteroatoms. The van der Waals surface area contributed by atoms with E-state index < -0.39 is 46.0 Å². The van der Waals surface area contributed by atoms with Crippen molar-refractivity contribution < 1.29 is 35.8 Å². The second kappa shape index (κ2) is 7.08.